The lowest BCUT2D eigenvalue weighted by Gasteiger charge is -2.20. The highest BCUT2D eigenvalue weighted by molar-refractivity contribution is 4.57. The molecule has 0 saturated heterocycles. The first-order valence-corrected chi connectivity index (χ1v) is 4.07. The summed E-state index contributed by atoms with van der Waals surface area (Å²) in [5.74, 6) is 0.417. The van der Waals surface area contributed by atoms with Crippen LogP contribution in [-0.2, 0) is 0 Å². The number of nitrogens with zero attached hydrogens (tertiary/aromatic N) is 1. The van der Waals surface area contributed by atoms with Crippen LogP contribution in [0.1, 0.15) is 20.8 Å². The van der Waals surface area contributed by atoms with Gasteiger partial charge in [-0.3, -0.25) is 0 Å². The minimum absolute atomic E-state index is 0.302. The maximum atomic E-state index is 8.75. The van der Waals surface area contributed by atoms with Crippen LogP contribution in [-0.4, -0.2) is 36.2 Å². The Hall–Kier alpha value is -0.0800. The van der Waals surface area contributed by atoms with Gasteiger partial charge in [-0.25, -0.2) is 0 Å². The van der Waals surface area contributed by atoms with Crippen LogP contribution < -0.4 is 0 Å². The molecule has 0 fully saturated rings. The highest BCUT2D eigenvalue weighted by atomic mass is 16.3. The molecule has 1 atom stereocenters. The summed E-state index contributed by atoms with van der Waals surface area (Å²) in [6.07, 6.45) is 0. The summed E-state index contributed by atoms with van der Waals surface area (Å²) < 4.78 is 0. The Morgan fingerprint density at radius 2 is 1.80 bits per heavy atom. The third-order valence-corrected chi connectivity index (χ3v) is 1.78. The molecule has 2 nitrogen and oxygen atoms in total. The maximum Gasteiger partial charge on any atom is 0.0468 e. The number of hydrogen-bond donors (Lipinski definition) is 1. The second-order valence-corrected chi connectivity index (χ2v) is 2.77. The lowest BCUT2D eigenvalue weighted by Crippen LogP contribution is -2.29. The minimum atomic E-state index is 0.302. The van der Waals surface area contributed by atoms with E-state index in [2.05, 4.69) is 25.7 Å². The highest BCUT2D eigenvalue weighted by Gasteiger charge is 2.04. The van der Waals surface area contributed by atoms with Crippen LogP contribution in [0.5, 0.6) is 0 Å². The van der Waals surface area contributed by atoms with E-state index >= 15 is 0 Å². The van der Waals surface area contributed by atoms with Gasteiger partial charge in [-0.1, -0.05) is 20.8 Å². The normalized spacial score (nSPS) is 14.1. The molecule has 0 aliphatic heterocycles. The predicted octanol–water partition coefficient (Wildman–Crippen LogP) is 0.957. The van der Waals surface area contributed by atoms with Gasteiger partial charge in [-0.2, -0.15) is 0 Å². The van der Waals surface area contributed by atoms with E-state index in [9.17, 15) is 0 Å². The van der Waals surface area contributed by atoms with Gasteiger partial charge in [0, 0.05) is 13.2 Å². The van der Waals surface area contributed by atoms with Crippen molar-refractivity contribution in [3.63, 3.8) is 0 Å². The molecule has 2 heteroatoms. The van der Waals surface area contributed by atoms with Crippen molar-refractivity contribution in [3.05, 3.63) is 0 Å². The summed E-state index contributed by atoms with van der Waals surface area (Å²) in [5.41, 5.74) is 0. The van der Waals surface area contributed by atoms with Gasteiger partial charge >= 0.3 is 0 Å². The van der Waals surface area contributed by atoms with E-state index in [-0.39, 0.29) is 0 Å². The molecule has 62 valence electrons. The third-order valence-electron chi connectivity index (χ3n) is 1.78. The summed E-state index contributed by atoms with van der Waals surface area (Å²) >= 11 is 0. The molecule has 0 aromatic carbocycles. The van der Waals surface area contributed by atoms with Crippen LogP contribution in [0.25, 0.3) is 0 Å². The van der Waals surface area contributed by atoms with Crippen LogP contribution in [0.15, 0.2) is 0 Å². The Labute approximate surface area is 63.8 Å². The molecular formula is C8H19NO. The van der Waals surface area contributed by atoms with Crippen molar-refractivity contribution in [3.8, 4) is 0 Å². The second kappa shape index (κ2) is 5.69. The van der Waals surface area contributed by atoms with E-state index < -0.39 is 0 Å². The molecular weight excluding hydrogens is 126 g/mol. The topological polar surface area (TPSA) is 23.5 Å². The van der Waals surface area contributed by atoms with Crippen molar-refractivity contribution in [1.29, 1.82) is 0 Å². The average Bonchev–Trinajstić information content (AvgIpc) is 1.99. The largest absolute Gasteiger partial charge is 0.396 e. The summed E-state index contributed by atoms with van der Waals surface area (Å²) in [6.45, 7) is 9.85. The molecule has 10 heavy (non-hydrogen) atoms. The van der Waals surface area contributed by atoms with Crippen molar-refractivity contribution in [2.75, 3.05) is 26.2 Å². The summed E-state index contributed by atoms with van der Waals surface area (Å²) in [5, 5.41) is 8.75. The quantitative estimate of drug-likeness (QED) is 0.623. The summed E-state index contributed by atoms with van der Waals surface area (Å²) in [7, 11) is 0. The Morgan fingerprint density at radius 1 is 1.30 bits per heavy atom. The van der Waals surface area contributed by atoms with Gasteiger partial charge in [0.1, 0.15) is 0 Å². The van der Waals surface area contributed by atoms with Crippen LogP contribution in [0, 0.1) is 5.92 Å². The number of aliphatic hydroxyl groups is 1. The van der Waals surface area contributed by atoms with Crippen molar-refractivity contribution < 1.29 is 5.11 Å². The van der Waals surface area contributed by atoms with Crippen LogP contribution in [0.3, 0.4) is 0 Å². The highest BCUT2D eigenvalue weighted by Crippen LogP contribution is 1.97. The summed E-state index contributed by atoms with van der Waals surface area (Å²) in [4.78, 5) is 2.32. The third kappa shape index (κ3) is 3.85. The molecule has 0 aromatic rings. The smallest absolute Gasteiger partial charge is 0.0468 e. The fourth-order valence-corrected chi connectivity index (χ4v) is 0.980. The van der Waals surface area contributed by atoms with E-state index in [1.165, 1.54) is 0 Å². The lowest BCUT2D eigenvalue weighted by atomic mass is 10.2. The molecule has 1 N–H and O–H groups in total. The van der Waals surface area contributed by atoms with Gasteiger partial charge < -0.3 is 10.0 Å². The molecule has 0 aliphatic carbocycles. The average molecular weight is 145 g/mol. The van der Waals surface area contributed by atoms with Crippen LogP contribution >= 0.6 is 0 Å². The molecule has 0 amide bonds. The fourth-order valence-electron chi connectivity index (χ4n) is 0.980. The van der Waals surface area contributed by atoms with Crippen molar-refractivity contribution in [1.82, 2.24) is 4.90 Å². The Bertz CT molecular complexity index is 71.7. The van der Waals surface area contributed by atoms with Gasteiger partial charge in [0.2, 0.25) is 0 Å². The molecule has 0 radical (unpaired) electrons. The second-order valence-electron chi connectivity index (χ2n) is 2.77. The number of aliphatic hydroxyl groups excluding tert-OH is 1. The molecule has 0 heterocycles. The number of hydrogen-bond acceptors (Lipinski definition) is 2. The lowest BCUT2D eigenvalue weighted by molar-refractivity contribution is 0.181. The van der Waals surface area contributed by atoms with Crippen LogP contribution in [0.4, 0.5) is 0 Å². The summed E-state index contributed by atoms with van der Waals surface area (Å²) in [6, 6.07) is 0. The predicted molar refractivity (Wildman–Crippen MR) is 44.0 cm³/mol. The maximum absolute atomic E-state index is 8.75. The number of rotatable bonds is 5. The SMILES string of the molecule is CCN(CC)C[C@H](C)CO. The first-order valence-electron chi connectivity index (χ1n) is 4.07. The minimum Gasteiger partial charge on any atom is -0.396 e. The fraction of sp³-hybridized carbons (Fsp3) is 1.00. The van der Waals surface area contributed by atoms with E-state index in [1.54, 1.807) is 0 Å². The van der Waals surface area contributed by atoms with Gasteiger partial charge in [0.05, 0.1) is 0 Å². The molecule has 0 spiro atoms. The molecule has 0 bridgehead atoms. The Balaban J connectivity index is 3.41. The van der Waals surface area contributed by atoms with Crippen LogP contribution in [0.2, 0.25) is 0 Å². The molecule has 0 aliphatic rings. The van der Waals surface area contributed by atoms with Gasteiger partial charge in [0.25, 0.3) is 0 Å². The van der Waals surface area contributed by atoms with E-state index in [1.807, 2.05) is 0 Å². The molecule has 0 unspecified atom stereocenters. The monoisotopic (exact) mass is 145 g/mol. The van der Waals surface area contributed by atoms with E-state index in [0.29, 0.717) is 12.5 Å². The zero-order valence-corrected chi connectivity index (χ0v) is 7.30. The van der Waals surface area contributed by atoms with Gasteiger partial charge in [-0.05, 0) is 19.0 Å². The molecule has 0 aromatic heterocycles. The first-order chi connectivity index (χ1) is 4.74. The van der Waals surface area contributed by atoms with Crippen molar-refractivity contribution in [2.45, 2.75) is 20.8 Å². The van der Waals surface area contributed by atoms with Crippen molar-refractivity contribution >= 4 is 0 Å². The zero-order chi connectivity index (χ0) is 7.98. The Kier molecular flexibility index (Phi) is 5.64. The zero-order valence-electron chi connectivity index (χ0n) is 7.30. The standard InChI is InChI=1S/C8H19NO/c1-4-9(5-2)6-8(3)7-10/h8,10H,4-7H2,1-3H3/t8-/m0/s1. The molecule has 0 rings (SSSR count). The van der Waals surface area contributed by atoms with Gasteiger partial charge in [0.15, 0.2) is 0 Å². The Morgan fingerprint density at radius 3 is 2.10 bits per heavy atom. The first kappa shape index (κ1) is 9.92. The van der Waals surface area contributed by atoms with Crippen molar-refractivity contribution in [2.24, 2.45) is 5.92 Å². The van der Waals surface area contributed by atoms with E-state index in [4.69, 9.17) is 5.11 Å². The molecule has 0 saturated carbocycles. The van der Waals surface area contributed by atoms with E-state index in [0.717, 1.165) is 19.6 Å². The van der Waals surface area contributed by atoms with Gasteiger partial charge in [-0.15, -0.1) is 0 Å².